The summed E-state index contributed by atoms with van der Waals surface area (Å²) >= 11 is 6.59. The Bertz CT molecular complexity index is 561. The molecule has 0 radical (unpaired) electrons. The second kappa shape index (κ2) is 5.10. The predicted octanol–water partition coefficient (Wildman–Crippen LogP) is 4.58. The fourth-order valence-electron chi connectivity index (χ4n) is 1.49. The van der Waals surface area contributed by atoms with Gasteiger partial charge in [0.2, 0.25) is 0 Å². The number of hydrogen-bond donors (Lipinski definition) is 0. The Morgan fingerprint density at radius 1 is 1.00 bits per heavy atom. The van der Waals surface area contributed by atoms with Crippen LogP contribution in [0.25, 0.3) is 0 Å². The maximum atomic E-state index is 13.5. The van der Waals surface area contributed by atoms with E-state index in [1.165, 1.54) is 12.1 Å². The smallest absolute Gasteiger partial charge is 0.196 e. The lowest BCUT2D eigenvalue weighted by atomic mass is 10.0. The molecule has 0 atom stereocenters. The molecule has 2 aromatic rings. The summed E-state index contributed by atoms with van der Waals surface area (Å²) < 4.78 is 15.0. The molecule has 0 N–H and O–H groups in total. The number of hydrogen-bond acceptors (Lipinski definition) is 1. The van der Waals surface area contributed by atoms with Crippen molar-refractivity contribution in [2.24, 2.45) is 0 Å². The van der Waals surface area contributed by atoms with E-state index in [0.717, 1.165) is 8.95 Å². The molecule has 4 heteroatoms. The quantitative estimate of drug-likeness (QED) is 0.719. The van der Waals surface area contributed by atoms with Crippen molar-refractivity contribution in [1.82, 2.24) is 0 Å². The molecule has 0 bridgehead atoms. The van der Waals surface area contributed by atoms with Crippen LogP contribution >= 0.6 is 31.9 Å². The number of ketones is 1. The number of halogens is 3. The Balaban J connectivity index is 2.48. The Labute approximate surface area is 115 Å². The minimum absolute atomic E-state index is 0.0810. The first-order valence-corrected chi connectivity index (χ1v) is 6.42. The molecular weight excluding hydrogens is 351 g/mol. The highest BCUT2D eigenvalue weighted by Crippen LogP contribution is 2.22. The van der Waals surface area contributed by atoms with Gasteiger partial charge in [0.25, 0.3) is 0 Å². The molecule has 0 aromatic heterocycles. The van der Waals surface area contributed by atoms with Gasteiger partial charge in [0.05, 0.1) is 5.56 Å². The van der Waals surface area contributed by atoms with Crippen LogP contribution in [-0.2, 0) is 0 Å². The van der Waals surface area contributed by atoms with Crippen LogP contribution in [0, 0.1) is 5.82 Å². The van der Waals surface area contributed by atoms with Crippen molar-refractivity contribution >= 4 is 37.6 Å². The average molecular weight is 358 g/mol. The summed E-state index contributed by atoms with van der Waals surface area (Å²) in [5, 5.41) is 0. The minimum atomic E-state index is -0.506. The van der Waals surface area contributed by atoms with E-state index in [-0.39, 0.29) is 11.3 Å². The van der Waals surface area contributed by atoms with Crippen molar-refractivity contribution in [2.75, 3.05) is 0 Å². The van der Waals surface area contributed by atoms with Gasteiger partial charge in [-0.2, -0.15) is 0 Å². The van der Waals surface area contributed by atoms with Gasteiger partial charge in [-0.05, 0) is 30.3 Å². The van der Waals surface area contributed by atoms with Crippen LogP contribution < -0.4 is 0 Å². The van der Waals surface area contributed by atoms with Crippen LogP contribution in [-0.4, -0.2) is 5.78 Å². The molecule has 0 unspecified atom stereocenters. The molecule has 2 aromatic carbocycles. The fraction of sp³-hybridized carbons (Fsp3) is 0. The highest BCUT2D eigenvalue weighted by Gasteiger charge is 2.14. The van der Waals surface area contributed by atoms with Crippen molar-refractivity contribution in [3.63, 3.8) is 0 Å². The van der Waals surface area contributed by atoms with Crippen LogP contribution in [0.3, 0.4) is 0 Å². The molecule has 17 heavy (non-hydrogen) atoms. The molecule has 0 aliphatic carbocycles. The van der Waals surface area contributed by atoms with Gasteiger partial charge in [-0.1, -0.05) is 44.0 Å². The lowest BCUT2D eigenvalue weighted by Gasteiger charge is -2.04. The lowest BCUT2D eigenvalue weighted by molar-refractivity contribution is 0.103. The summed E-state index contributed by atoms with van der Waals surface area (Å²) in [6, 6.07) is 11.1. The minimum Gasteiger partial charge on any atom is -0.288 e. The first kappa shape index (κ1) is 12.5. The molecule has 0 spiro atoms. The number of rotatable bonds is 2. The maximum absolute atomic E-state index is 13.5. The molecule has 0 amide bonds. The molecule has 0 fully saturated rings. The van der Waals surface area contributed by atoms with Crippen molar-refractivity contribution in [1.29, 1.82) is 0 Å². The van der Waals surface area contributed by atoms with E-state index >= 15 is 0 Å². The Hall–Kier alpha value is -1.00. The number of benzene rings is 2. The van der Waals surface area contributed by atoms with E-state index in [1.807, 2.05) is 6.07 Å². The predicted molar refractivity (Wildman–Crippen MR) is 71.7 cm³/mol. The second-order valence-electron chi connectivity index (χ2n) is 3.47. The van der Waals surface area contributed by atoms with Crippen molar-refractivity contribution < 1.29 is 9.18 Å². The molecule has 0 saturated heterocycles. The van der Waals surface area contributed by atoms with Crippen molar-refractivity contribution in [3.8, 4) is 0 Å². The maximum Gasteiger partial charge on any atom is 0.196 e. The van der Waals surface area contributed by atoms with Gasteiger partial charge in [-0.25, -0.2) is 4.39 Å². The zero-order valence-corrected chi connectivity index (χ0v) is 11.8. The zero-order chi connectivity index (χ0) is 12.4. The number of carbonyl (C=O) groups excluding carboxylic acids is 1. The number of carbonyl (C=O) groups is 1. The van der Waals surface area contributed by atoms with Gasteiger partial charge in [-0.15, -0.1) is 0 Å². The van der Waals surface area contributed by atoms with Gasteiger partial charge in [0.1, 0.15) is 5.82 Å². The monoisotopic (exact) mass is 356 g/mol. The van der Waals surface area contributed by atoms with Crippen molar-refractivity contribution in [2.45, 2.75) is 0 Å². The summed E-state index contributed by atoms with van der Waals surface area (Å²) in [5.41, 5.74) is 0.522. The van der Waals surface area contributed by atoms with Crippen molar-refractivity contribution in [3.05, 3.63) is 68.4 Å². The summed E-state index contributed by atoms with van der Waals surface area (Å²) in [6.07, 6.45) is 0. The van der Waals surface area contributed by atoms with Crippen LogP contribution in [0.5, 0.6) is 0 Å². The fourth-order valence-corrected chi connectivity index (χ4v) is 2.78. The molecule has 1 nitrogen and oxygen atoms in total. The largest absolute Gasteiger partial charge is 0.288 e. The molecule has 86 valence electrons. The first-order chi connectivity index (χ1) is 8.08. The van der Waals surface area contributed by atoms with E-state index in [4.69, 9.17) is 0 Å². The van der Waals surface area contributed by atoms with Gasteiger partial charge in [0.15, 0.2) is 5.78 Å². The first-order valence-electron chi connectivity index (χ1n) is 4.83. The van der Waals surface area contributed by atoms with E-state index in [1.54, 1.807) is 24.3 Å². The van der Waals surface area contributed by atoms with Crippen LogP contribution in [0.15, 0.2) is 51.4 Å². The van der Waals surface area contributed by atoms with Gasteiger partial charge in [0, 0.05) is 14.5 Å². The normalized spacial score (nSPS) is 10.3. The van der Waals surface area contributed by atoms with Gasteiger partial charge in [-0.3, -0.25) is 4.79 Å². The SMILES string of the molecule is O=C(c1cc(Br)cc(Br)c1)c1ccccc1F. The zero-order valence-electron chi connectivity index (χ0n) is 8.58. The molecule has 0 aliphatic rings. The van der Waals surface area contributed by atoms with Gasteiger partial charge < -0.3 is 0 Å². The average Bonchev–Trinajstić information content (AvgIpc) is 2.27. The summed E-state index contributed by atoms with van der Waals surface area (Å²) in [6.45, 7) is 0. The molecule has 0 aliphatic heterocycles. The standard InChI is InChI=1S/C13H7Br2FO/c14-9-5-8(6-10(15)7-9)13(17)11-3-1-2-4-12(11)16/h1-7H. The van der Waals surface area contributed by atoms with E-state index in [2.05, 4.69) is 31.9 Å². The van der Waals surface area contributed by atoms with Crippen LogP contribution in [0.2, 0.25) is 0 Å². The molecule has 0 saturated carbocycles. The second-order valence-corrected chi connectivity index (χ2v) is 5.30. The van der Waals surface area contributed by atoms with E-state index in [9.17, 15) is 9.18 Å². The highest BCUT2D eigenvalue weighted by molar-refractivity contribution is 9.11. The van der Waals surface area contributed by atoms with Crippen LogP contribution in [0.1, 0.15) is 15.9 Å². The third-order valence-corrected chi connectivity index (χ3v) is 3.16. The Morgan fingerprint density at radius 3 is 2.18 bits per heavy atom. The highest BCUT2D eigenvalue weighted by atomic mass is 79.9. The third kappa shape index (κ3) is 2.82. The summed E-state index contributed by atoms with van der Waals surface area (Å²) in [7, 11) is 0. The van der Waals surface area contributed by atoms with E-state index < -0.39 is 5.82 Å². The Kier molecular flexibility index (Phi) is 3.74. The third-order valence-electron chi connectivity index (χ3n) is 2.24. The molecular formula is C13H7Br2FO. The lowest BCUT2D eigenvalue weighted by Crippen LogP contribution is -2.04. The molecule has 2 rings (SSSR count). The summed E-state index contributed by atoms with van der Waals surface area (Å²) in [4.78, 5) is 12.1. The summed E-state index contributed by atoms with van der Waals surface area (Å²) in [5.74, 6) is -0.835. The van der Waals surface area contributed by atoms with E-state index in [0.29, 0.717) is 5.56 Å². The topological polar surface area (TPSA) is 17.1 Å². The van der Waals surface area contributed by atoms with Crippen LogP contribution in [0.4, 0.5) is 4.39 Å². The molecule has 0 heterocycles. The van der Waals surface area contributed by atoms with Gasteiger partial charge >= 0.3 is 0 Å². The Morgan fingerprint density at radius 2 is 1.59 bits per heavy atom.